The van der Waals surface area contributed by atoms with E-state index in [4.69, 9.17) is 5.73 Å². The van der Waals surface area contributed by atoms with Gasteiger partial charge >= 0.3 is 0 Å². The zero-order valence-corrected chi connectivity index (χ0v) is 7.82. The van der Waals surface area contributed by atoms with Gasteiger partial charge in [-0.05, 0) is 15.9 Å². The van der Waals surface area contributed by atoms with Crippen LogP contribution in [-0.4, -0.2) is 9.97 Å². The maximum atomic E-state index is 5.41. The topological polar surface area (TPSA) is 51.8 Å². The van der Waals surface area contributed by atoms with Crippen LogP contribution in [0.5, 0.6) is 0 Å². The Hall–Kier alpha value is -0.680. The maximum absolute atomic E-state index is 5.41. The molecule has 2 aromatic rings. The highest BCUT2D eigenvalue weighted by atomic mass is 79.9. The van der Waals surface area contributed by atoms with Gasteiger partial charge < -0.3 is 5.73 Å². The molecule has 0 saturated carbocycles. The minimum Gasteiger partial charge on any atom is -0.368 e. The van der Waals surface area contributed by atoms with Crippen LogP contribution >= 0.6 is 27.3 Å². The van der Waals surface area contributed by atoms with Gasteiger partial charge in [0, 0.05) is 5.38 Å². The van der Waals surface area contributed by atoms with Crippen molar-refractivity contribution in [2.75, 3.05) is 5.73 Å². The zero-order chi connectivity index (χ0) is 7.84. The number of nitrogens with zero attached hydrogens (tertiary/aromatic N) is 2. The zero-order valence-electron chi connectivity index (χ0n) is 5.41. The third-order valence-corrected chi connectivity index (χ3v) is 3.10. The van der Waals surface area contributed by atoms with Crippen LogP contribution < -0.4 is 5.73 Å². The Morgan fingerprint density at radius 3 is 3.18 bits per heavy atom. The summed E-state index contributed by atoms with van der Waals surface area (Å²) in [5, 5.41) is 1.97. The first-order chi connectivity index (χ1) is 5.27. The van der Waals surface area contributed by atoms with E-state index in [9.17, 15) is 0 Å². The van der Waals surface area contributed by atoms with Crippen LogP contribution in [0.15, 0.2) is 16.0 Å². The Morgan fingerprint density at radius 1 is 1.55 bits per heavy atom. The van der Waals surface area contributed by atoms with Crippen molar-refractivity contribution in [1.82, 2.24) is 9.97 Å². The number of aromatic nitrogens is 2. The van der Waals surface area contributed by atoms with Gasteiger partial charge in [0.25, 0.3) is 0 Å². The monoisotopic (exact) mass is 229 g/mol. The molecule has 0 unspecified atom stereocenters. The number of hydrogen-bond donors (Lipinski definition) is 1. The summed E-state index contributed by atoms with van der Waals surface area (Å²) in [5.74, 6) is 0.316. The summed E-state index contributed by atoms with van der Waals surface area (Å²) in [4.78, 5) is 7.94. The van der Waals surface area contributed by atoms with Gasteiger partial charge in [-0.1, -0.05) is 0 Å². The minimum atomic E-state index is 0.316. The SMILES string of the molecule is Nc1ncc2scc(Br)c2n1. The highest BCUT2D eigenvalue weighted by Gasteiger charge is 2.02. The van der Waals surface area contributed by atoms with Crippen molar-refractivity contribution in [1.29, 1.82) is 0 Å². The molecule has 5 heteroatoms. The number of rotatable bonds is 0. The first-order valence-electron chi connectivity index (χ1n) is 2.92. The lowest BCUT2D eigenvalue weighted by molar-refractivity contribution is 1.24. The van der Waals surface area contributed by atoms with Gasteiger partial charge in [0.05, 0.1) is 15.4 Å². The molecule has 0 aliphatic carbocycles. The molecule has 0 atom stereocenters. The highest BCUT2D eigenvalue weighted by Crippen LogP contribution is 2.27. The second-order valence-electron chi connectivity index (χ2n) is 2.02. The largest absolute Gasteiger partial charge is 0.368 e. The first-order valence-corrected chi connectivity index (χ1v) is 4.60. The summed E-state index contributed by atoms with van der Waals surface area (Å²) < 4.78 is 2.03. The van der Waals surface area contributed by atoms with E-state index in [0.29, 0.717) is 5.95 Å². The Kier molecular flexibility index (Phi) is 1.54. The quantitative estimate of drug-likeness (QED) is 0.753. The van der Waals surface area contributed by atoms with Crippen LogP contribution in [0.1, 0.15) is 0 Å². The average molecular weight is 230 g/mol. The highest BCUT2D eigenvalue weighted by molar-refractivity contribution is 9.10. The van der Waals surface area contributed by atoms with Crippen molar-refractivity contribution in [3.8, 4) is 0 Å². The molecule has 2 N–H and O–H groups in total. The molecule has 0 radical (unpaired) electrons. The number of anilines is 1. The molecule has 2 rings (SSSR count). The molecular formula is C6H4BrN3S. The predicted octanol–water partition coefficient (Wildman–Crippen LogP) is 2.04. The van der Waals surface area contributed by atoms with Crippen molar-refractivity contribution in [3.63, 3.8) is 0 Å². The molecule has 2 aromatic heterocycles. The molecule has 0 fully saturated rings. The lowest BCUT2D eigenvalue weighted by atomic mass is 10.5. The summed E-state index contributed by atoms with van der Waals surface area (Å²) in [5.41, 5.74) is 6.30. The Morgan fingerprint density at radius 2 is 2.36 bits per heavy atom. The van der Waals surface area contributed by atoms with Crippen LogP contribution in [0.4, 0.5) is 5.95 Å². The second kappa shape index (κ2) is 2.42. The van der Waals surface area contributed by atoms with Crippen molar-refractivity contribution < 1.29 is 0 Å². The summed E-state index contributed by atoms with van der Waals surface area (Å²) in [6.45, 7) is 0. The van der Waals surface area contributed by atoms with Crippen LogP contribution in [0.3, 0.4) is 0 Å². The van der Waals surface area contributed by atoms with Crippen LogP contribution in [-0.2, 0) is 0 Å². The van der Waals surface area contributed by atoms with Gasteiger partial charge in [-0.25, -0.2) is 9.97 Å². The third-order valence-electron chi connectivity index (χ3n) is 1.29. The fourth-order valence-electron chi connectivity index (χ4n) is 0.813. The van der Waals surface area contributed by atoms with Crippen LogP contribution in [0, 0.1) is 0 Å². The number of fused-ring (bicyclic) bond motifs is 1. The lowest BCUT2D eigenvalue weighted by Gasteiger charge is -1.90. The number of hydrogen-bond acceptors (Lipinski definition) is 4. The fourth-order valence-corrected chi connectivity index (χ4v) is 2.25. The van der Waals surface area contributed by atoms with Gasteiger partial charge in [-0.2, -0.15) is 0 Å². The Balaban J connectivity index is 2.87. The smallest absolute Gasteiger partial charge is 0.220 e. The van der Waals surface area contributed by atoms with Crippen molar-refractivity contribution in [2.24, 2.45) is 0 Å². The summed E-state index contributed by atoms with van der Waals surface area (Å²) in [6, 6.07) is 0. The lowest BCUT2D eigenvalue weighted by Crippen LogP contribution is -1.92. The molecule has 2 heterocycles. The van der Waals surface area contributed by atoms with E-state index < -0.39 is 0 Å². The molecule has 11 heavy (non-hydrogen) atoms. The molecule has 3 nitrogen and oxygen atoms in total. The number of thiophene rings is 1. The van der Waals surface area contributed by atoms with Gasteiger partial charge in [0.2, 0.25) is 5.95 Å². The van der Waals surface area contributed by atoms with E-state index in [-0.39, 0.29) is 0 Å². The van der Waals surface area contributed by atoms with Gasteiger partial charge in [0.15, 0.2) is 0 Å². The number of nitrogens with two attached hydrogens (primary N) is 1. The number of halogens is 1. The summed E-state index contributed by atoms with van der Waals surface area (Å²) in [7, 11) is 0. The van der Waals surface area contributed by atoms with E-state index in [2.05, 4.69) is 25.9 Å². The van der Waals surface area contributed by atoms with E-state index in [1.165, 1.54) is 0 Å². The molecule has 56 valence electrons. The Bertz CT molecular complexity index is 398. The predicted molar refractivity (Wildman–Crippen MR) is 49.5 cm³/mol. The normalized spacial score (nSPS) is 10.6. The fraction of sp³-hybridized carbons (Fsp3) is 0. The van der Waals surface area contributed by atoms with Gasteiger partial charge in [-0.3, -0.25) is 0 Å². The molecule has 0 aliphatic rings. The molecule has 0 spiro atoms. The minimum absolute atomic E-state index is 0.316. The van der Waals surface area contributed by atoms with Crippen molar-refractivity contribution >= 4 is 43.4 Å². The summed E-state index contributed by atoms with van der Waals surface area (Å²) in [6.07, 6.45) is 1.73. The molecule has 0 amide bonds. The molecule has 0 aromatic carbocycles. The summed E-state index contributed by atoms with van der Waals surface area (Å²) >= 11 is 4.96. The van der Waals surface area contributed by atoms with E-state index >= 15 is 0 Å². The first kappa shape index (κ1) is 7.00. The number of nitrogen functional groups attached to an aromatic ring is 1. The van der Waals surface area contributed by atoms with Crippen molar-refractivity contribution in [2.45, 2.75) is 0 Å². The van der Waals surface area contributed by atoms with E-state index in [0.717, 1.165) is 14.7 Å². The van der Waals surface area contributed by atoms with Gasteiger partial charge in [-0.15, -0.1) is 11.3 Å². The van der Waals surface area contributed by atoms with Crippen molar-refractivity contribution in [3.05, 3.63) is 16.0 Å². The standard InChI is InChI=1S/C6H4BrN3S/c7-3-2-11-4-1-9-6(8)10-5(3)4/h1-2H,(H2,8,9,10). The van der Waals surface area contributed by atoms with E-state index in [1.54, 1.807) is 17.5 Å². The van der Waals surface area contributed by atoms with E-state index in [1.807, 2.05) is 5.38 Å². The molecular weight excluding hydrogens is 226 g/mol. The van der Waals surface area contributed by atoms with Crippen LogP contribution in [0.2, 0.25) is 0 Å². The maximum Gasteiger partial charge on any atom is 0.220 e. The molecule has 0 bridgehead atoms. The Labute approximate surface area is 75.4 Å². The second-order valence-corrected chi connectivity index (χ2v) is 3.79. The van der Waals surface area contributed by atoms with Crippen LogP contribution in [0.25, 0.3) is 10.2 Å². The van der Waals surface area contributed by atoms with Gasteiger partial charge in [0.1, 0.15) is 5.52 Å². The molecule has 0 aliphatic heterocycles. The average Bonchev–Trinajstić information content (AvgIpc) is 2.33. The molecule has 0 saturated heterocycles. The third kappa shape index (κ3) is 1.10.